The van der Waals surface area contributed by atoms with Gasteiger partial charge >= 0.3 is 0 Å². The number of hydrogen-bond acceptors (Lipinski definition) is 7. The lowest BCUT2D eigenvalue weighted by molar-refractivity contribution is 0.0515. The molecule has 1 aromatic carbocycles. The van der Waals surface area contributed by atoms with Crippen molar-refractivity contribution in [3.63, 3.8) is 0 Å². The van der Waals surface area contributed by atoms with Crippen LogP contribution < -0.4 is 20.4 Å². The molecule has 0 aliphatic carbocycles. The SMILES string of the molecule is CC1CCN(c2cc(N3CCOCC3)nc(NC(=S)NCC3(c4cccc(Cl)c4)CCOCC3)n2)CC1. The standard InChI is InChI=1S/C27H37ClN6O2S/c1-20-5-9-33(10-6-20)23-18-24(34-11-15-36-16-12-34)31-25(30-23)32-26(37)29-19-27(7-13-35-14-8-27)21-3-2-4-22(28)17-21/h2-4,17-18,20H,5-16,19H2,1H3,(H2,29,30,31,32,37). The van der Waals surface area contributed by atoms with Crippen LogP contribution >= 0.6 is 23.8 Å². The van der Waals surface area contributed by atoms with E-state index in [-0.39, 0.29) is 5.41 Å². The molecule has 2 N–H and O–H groups in total. The number of aromatic nitrogens is 2. The summed E-state index contributed by atoms with van der Waals surface area (Å²) < 4.78 is 11.2. The first kappa shape index (κ1) is 26.4. The first-order valence-electron chi connectivity index (χ1n) is 13.4. The van der Waals surface area contributed by atoms with E-state index >= 15 is 0 Å². The molecular weight excluding hydrogens is 508 g/mol. The Morgan fingerprint density at radius 2 is 1.65 bits per heavy atom. The second-order valence-electron chi connectivity index (χ2n) is 10.4. The summed E-state index contributed by atoms with van der Waals surface area (Å²) in [5, 5.41) is 8.01. The van der Waals surface area contributed by atoms with E-state index in [1.807, 2.05) is 12.1 Å². The minimum atomic E-state index is -0.0962. The van der Waals surface area contributed by atoms with Gasteiger partial charge in [-0.1, -0.05) is 30.7 Å². The molecule has 2 aromatic rings. The van der Waals surface area contributed by atoms with Gasteiger partial charge in [-0.3, -0.25) is 0 Å². The highest BCUT2D eigenvalue weighted by Crippen LogP contribution is 2.35. The highest BCUT2D eigenvalue weighted by Gasteiger charge is 2.35. The predicted octanol–water partition coefficient (Wildman–Crippen LogP) is 4.24. The molecule has 3 saturated heterocycles. The average molecular weight is 545 g/mol. The Hall–Kier alpha value is -2.20. The van der Waals surface area contributed by atoms with E-state index in [9.17, 15) is 0 Å². The highest BCUT2D eigenvalue weighted by atomic mass is 35.5. The topological polar surface area (TPSA) is 74.8 Å². The van der Waals surface area contributed by atoms with Crippen molar-refractivity contribution in [1.82, 2.24) is 15.3 Å². The Balaban J connectivity index is 1.32. The molecule has 0 bridgehead atoms. The van der Waals surface area contributed by atoms with Crippen LogP contribution in [0.1, 0.15) is 38.2 Å². The van der Waals surface area contributed by atoms with Crippen molar-refractivity contribution in [3.05, 3.63) is 40.9 Å². The van der Waals surface area contributed by atoms with Crippen molar-refractivity contribution in [2.75, 3.05) is 74.3 Å². The molecule has 200 valence electrons. The molecule has 3 aliphatic heterocycles. The van der Waals surface area contributed by atoms with Gasteiger partial charge in [0.15, 0.2) is 5.11 Å². The third-order valence-corrected chi connectivity index (χ3v) is 8.32. The van der Waals surface area contributed by atoms with Crippen molar-refractivity contribution >= 4 is 46.5 Å². The predicted molar refractivity (Wildman–Crippen MR) is 153 cm³/mol. The van der Waals surface area contributed by atoms with E-state index in [1.165, 1.54) is 18.4 Å². The normalized spacial score (nSPS) is 20.5. The summed E-state index contributed by atoms with van der Waals surface area (Å²) in [6, 6.07) is 10.2. The number of piperidine rings is 1. The minimum absolute atomic E-state index is 0.0962. The Kier molecular flexibility index (Phi) is 8.64. The maximum atomic E-state index is 6.34. The lowest BCUT2D eigenvalue weighted by atomic mass is 9.74. The average Bonchev–Trinajstić information content (AvgIpc) is 2.93. The zero-order valence-corrected chi connectivity index (χ0v) is 23.1. The quantitative estimate of drug-likeness (QED) is 0.519. The molecule has 0 atom stereocenters. The first-order valence-corrected chi connectivity index (χ1v) is 14.1. The van der Waals surface area contributed by atoms with Crippen LogP contribution in [0, 0.1) is 5.92 Å². The Morgan fingerprint density at radius 3 is 2.32 bits per heavy atom. The molecule has 10 heteroatoms. The van der Waals surface area contributed by atoms with Gasteiger partial charge in [-0.05, 0) is 61.5 Å². The van der Waals surface area contributed by atoms with Crippen LogP contribution in [0.2, 0.25) is 5.02 Å². The molecule has 0 unspecified atom stereocenters. The number of anilines is 3. The maximum Gasteiger partial charge on any atom is 0.232 e. The molecule has 1 aromatic heterocycles. The summed E-state index contributed by atoms with van der Waals surface area (Å²) in [7, 11) is 0. The number of hydrogen-bond donors (Lipinski definition) is 2. The fourth-order valence-electron chi connectivity index (χ4n) is 5.38. The van der Waals surface area contributed by atoms with Crippen LogP contribution in [-0.4, -0.2) is 74.2 Å². The molecule has 3 aliphatic rings. The van der Waals surface area contributed by atoms with Gasteiger partial charge in [0.1, 0.15) is 11.6 Å². The van der Waals surface area contributed by atoms with Crippen LogP contribution in [0.5, 0.6) is 0 Å². The lowest BCUT2D eigenvalue weighted by Crippen LogP contribution is -2.45. The Labute approximate surface area is 230 Å². The lowest BCUT2D eigenvalue weighted by Gasteiger charge is -2.38. The monoisotopic (exact) mass is 544 g/mol. The summed E-state index contributed by atoms with van der Waals surface area (Å²) in [4.78, 5) is 14.4. The van der Waals surface area contributed by atoms with E-state index < -0.39 is 0 Å². The summed E-state index contributed by atoms with van der Waals surface area (Å²) in [5.74, 6) is 3.15. The van der Waals surface area contributed by atoms with Crippen LogP contribution in [0.3, 0.4) is 0 Å². The van der Waals surface area contributed by atoms with Gasteiger partial charge < -0.3 is 29.9 Å². The largest absolute Gasteiger partial charge is 0.381 e. The number of nitrogens with zero attached hydrogens (tertiary/aromatic N) is 4. The Bertz CT molecular complexity index is 1070. The molecule has 4 heterocycles. The van der Waals surface area contributed by atoms with Crippen LogP contribution in [0.25, 0.3) is 0 Å². The smallest absolute Gasteiger partial charge is 0.232 e. The first-order chi connectivity index (χ1) is 18.0. The van der Waals surface area contributed by atoms with Crippen molar-refractivity contribution < 1.29 is 9.47 Å². The molecule has 0 spiro atoms. The molecular formula is C27H37ClN6O2S. The molecule has 5 rings (SSSR count). The number of morpholine rings is 1. The molecule has 3 fully saturated rings. The van der Waals surface area contributed by atoms with Gasteiger partial charge in [-0.2, -0.15) is 9.97 Å². The molecule has 0 saturated carbocycles. The number of nitrogens with one attached hydrogen (secondary N) is 2. The van der Waals surface area contributed by atoms with Gasteiger partial charge in [-0.15, -0.1) is 0 Å². The summed E-state index contributed by atoms with van der Waals surface area (Å²) in [6.45, 7) is 9.51. The third-order valence-electron chi connectivity index (χ3n) is 7.84. The second kappa shape index (κ2) is 12.1. The van der Waals surface area contributed by atoms with Crippen molar-refractivity contribution in [2.45, 2.75) is 38.0 Å². The third kappa shape index (κ3) is 6.63. The second-order valence-corrected chi connectivity index (χ2v) is 11.2. The summed E-state index contributed by atoms with van der Waals surface area (Å²) in [6.07, 6.45) is 4.16. The summed E-state index contributed by atoms with van der Waals surface area (Å²) >= 11 is 12.1. The molecule has 0 amide bonds. The number of halogens is 1. The maximum absolute atomic E-state index is 6.34. The van der Waals surface area contributed by atoms with Gasteiger partial charge in [-0.25, -0.2) is 0 Å². The molecule has 37 heavy (non-hydrogen) atoms. The number of thiocarbonyl (C=S) groups is 1. The van der Waals surface area contributed by atoms with E-state index in [1.54, 1.807) is 0 Å². The van der Waals surface area contributed by atoms with E-state index in [0.29, 0.717) is 30.8 Å². The van der Waals surface area contributed by atoms with E-state index in [4.69, 9.17) is 43.3 Å². The van der Waals surface area contributed by atoms with Gasteiger partial charge in [0.05, 0.1) is 13.2 Å². The van der Waals surface area contributed by atoms with E-state index in [2.05, 4.69) is 45.6 Å². The number of benzene rings is 1. The number of rotatable bonds is 6. The fourth-order valence-corrected chi connectivity index (χ4v) is 5.73. The fraction of sp³-hybridized carbons (Fsp3) is 0.593. The van der Waals surface area contributed by atoms with Crippen LogP contribution in [0.15, 0.2) is 30.3 Å². The zero-order chi connectivity index (χ0) is 25.7. The zero-order valence-electron chi connectivity index (χ0n) is 21.5. The molecule has 0 radical (unpaired) electrons. The Morgan fingerprint density at radius 1 is 1.00 bits per heavy atom. The van der Waals surface area contributed by atoms with Gasteiger partial charge in [0.2, 0.25) is 5.95 Å². The van der Waals surface area contributed by atoms with Gasteiger partial charge in [0.25, 0.3) is 0 Å². The van der Waals surface area contributed by atoms with E-state index in [0.717, 1.165) is 74.8 Å². The minimum Gasteiger partial charge on any atom is -0.381 e. The molecule has 8 nitrogen and oxygen atoms in total. The van der Waals surface area contributed by atoms with Crippen molar-refractivity contribution in [1.29, 1.82) is 0 Å². The summed E-state index contributed by atoms with van der Waals surface area (Å²) in [5.41, 5.74) is 1.12. The van der Waals surface area contributed by atoms with Crippen molar-refractivity contribution in [2.24, 2.45) is 5.92 Å². The van der Waals surface area contributed by atoms with Crippen LogP contribution in [0.4, 0.5) is 17.6 Å². The van der Waals surface area contributed by atoms with Gasteiger partial charge in [0, 0.05) is 62.4 Å². The van der Waals surface area contributed by atoms with Crippen molar-refractivity contribution in [3.8, 4) is 0 Å². The highest BCUT2D eigenvalue weighted by molar-refractivity contribution is 7.80. The van der Waals surface area contributed by atoms with Crippen LogP contribution in [-0.2, 0) is 14.9 Å². The number of ether oxygens (including phenoxy) is 2.